The molecule has 2 N–H and O–H groups in total. The number of rotatable bonds is 3. The van der Waals surface area contributed by atoms with Crippen molar-refractivity contribution in [1.82, 2.24) is 4.98 Å². The molecule has 0 saturated carbocycles. The van der Waals surface area contributed by atoms with Crippen LogP contribution in [0.15, 0.2) is 24.4 Å². The van der Waals surface area contributed by atoms with Crippen LogP contribution in [0.1, 0.15) is 24.3 Å². The van der Waals surface area contributed by atoms with Gasteiger partial charge in [-0.05, 0) is 19.9 Å². The van der Waals surface area contributed by atoms with Crippen LogP contribution in [-0.4, -0.2) is 10.6 Å². The molecule has 3 rings (SSSR count). The lowest BCUT2D eigenvalue weighted by Gasteiger charge is -2.18. The van der Waals surface area contributed by atoms with Gasteiger partial charge in [0.25, 0.3) is 0 Å². The summed E-state index contributed by atoms with van der Waals surface area (Å²) in [5.41, 5.74) is 6.64. The smallest absolute Gasteiger partial charge is 0.180 e. The Morgan fingerprint density at radius 2 is 2.32 bits per heavy atom. The number of hydrogen-bond donors (Lipinski definition) is 1. The van der Waals surface area contributed by atoms with E-state index in [-0.39, 0.29) is 5.60 Å². The summed E-state index contributed by atoms with van der Waals surface area (Å²) >= 11 is 1.44. The summed E-state index contributed by atoms with van der Waals surface area (Å²) < 4.78 is 11.8. The molecule has 19 heavy (non-hydrogen) atoms. The monoisotopic (exact) mass is 276 g/mol. The van der Waals surface area contributed by atoms with E-state index >= 15 is 0 Å². The highest BCUT2D eigenvalue weighted by atomic mass is 32.1. The molecule has 1 aromatic carbocycles. The summed E-state index contributed by atoms with van der Waals surface area (Å²) in [5, 5.41) is 0.564. The maximum Gasteiger partial charge on any atom is 0.180 e. The van der Waals surface area contributed by atoms with Crippen LogP contribution in [0.3, 0.4) is 0 Å². The number of ether oxygens (including phenoxy) is 2. The Hall–Kier alpha value is -1.75. The zero-order chi connectivity index (χ0) is 13.5. The lowest BCUT2D eigenvalue weighted by atomic mass is 10.0. The van der Waals surface area contributed by atoms with Gasteiger partial charge in [-0.2, -0.15) is 0 Å². The zero-order valence-corrected chi connectivity index (χ0v) is 11.8. The van der Waals surface area contributed by atoms with Gasteiger partial charge in [0.2, 0.25) is 0 Å². The molecule has 0 fully saturated rings. The Balaban J connectivity index is 1.78. The Morgan fingerprint density at radius 1 is 1.47 bits per heavy atom. The molecule has 0 radical (unpaired) electrons. The summed E-state index contributed by atoms with van der Waals surface area (Å²) in [7, 11) is 0. The van der Waals surface area contributed by atoms with Crippen molar-refractivity contribution in [3.05, 3.63) is 34.8 Å². The van der Waals surface area contributed by atoms with Crippen molar-refractivity contribution in [3.8, 4) is 11.5 Å². The quantitative estimate of drug-likeness (QED) is 0.936. The van der Waals surface area contributed by atoms with Crippen LogP contribution in [0, 0.1) is 0 Å². The summed E-state index contributed by atoms with van der Waals surface area (Å²) in [6, 6.07) is 6.02. The molecule has 0 amide bonds. The van der Waals surface area contributed by atoms with Crippen molar-refractivity contribution in [2.24, 2.45) is 0 Å². The van der Waals surface area contributed by atoms with Gasteiger partial charge >= 0.3 is 0 Å². The SMILES string of the molecule is CC1(C)Cc2cccc(OCc3cnc(N)s3)c2O1. The highest BCUT2D eigenvalue weighted by Gasteiger charge is 2.32. The van der Waals surface area contributed by atoms with Crippen LogP contribution in [0.25, 0.3) is 0 Å². The first-order chi connectivity index (χ1) is 9.03. The van der Waals surface area contributed by atoms with E-state index in [1.54, 1.807) is 6.20 Å². The number of thiazole rings is 1. The van der Waals surface area contributed by atoms with E-state index in [0.717, 1.165) is 22.8 Å². The van der Waals surface area contributed by atoms with E-state index < -0.39 is 0 Å². The molecule has 100 valence electrons. The van der Waals surface area contributed by atoms with E-state index in [1.165, 1.54) is 16.9 Å². The molecule has 2 heterocycles. The third kappa shape index (κ3) is 2.51. The van der Waals surface area contributed by atoms with E-state index in [0.29, 0.717) is 11.7 Å². The second-order valence-corrected chi connectivity index (χ2v) is 6.38. The molecule has 5 heteroatoms. The third-order valence-corrected chi connectivity index (χ3v) is 3.80. The molecule has 0 unspecified atom stereocenters. The van der Waals surface area contributed by atoms with Crippen molar-refractivity contribution >= 4 is 16.5 Å². The molecule has 1 aliphatic rings. The number of nitrogen functional groups attached to an aromatic ring is 1. The molecule has 1 aromatic heterocycles. The zero-order valence-electron chi connectivity index (χ0n) is 11.0. The lowest BCUT2D eigenvalue weighted by molar-refractivity contribution is 0.131. The van der Waals surface area contributed by atoms with Crippen molar-refractivity contribution in [1.29, 1.82) is 0 Å². The maximum atomic E-state index is 5.96. The molecule has 0 aliphatic carbocycles. The number of fused-ring (bicyclic) bond motifs is 1. The minimum Gasteiger partial charge on any atom is -0.484 e. The Labute approximate surface area is 116 Å². The predicted molar refractivity (Wildman–Crippen MR) is 75.7 cm³/mol. The summed E-state index contributed by atoms with van der Waals surface area (Å²) in [6.07, 6.45) is 2.65. The van der Waals surface area contributed by atoms with Crippen LogP contribution in [0.5, 0.6) is 11.5 Å². The van der Waals surface area contributed by atoms with Crippen molar-refractivity contribution in [3.63, 3.8) is 0 Å². The van der Waals surface area contributed by atoms with Gasteiger partial charge < -0.3 is 15.2 Å². The fourth-order valence-electron chi connectivity index (χ4n) is 2.24. The van der Waals surface area contributed by atoms with E-state index in [9.17, 15) is 0 Å². The van der Waals surface area contributed by atoms with Crippen LogP contribution in [-0.2, 0) is 13.0 Å². The number of nitrogens with zero attached hydrogens (tertiary/aromatic N) is 1. The number of aromatic nitrogens is 1. The first-order valence-corrected chi connectivity index (χ1v) is 6.99. The maximum absolute atomic E-state index is 5.96. The van der Waals surface area contributed by atoms with Crippen molar-refractivity contribution < 1.29 is 9.47 Å². The molecule has 0 atom stereocenters. The topological polar surface area (TPSA) is 57.4 Å². The van der Waals surface area contributed by atoms with Crippen LogP contribution >= 0.6 is 11.3 Å². The van der Waals surface area contributed by atoms with Gasteiger partial charge in [0.05, 0.1) is 4.88 Å². The number of anilines is 1. The van der Waals surface area contributed by atoms with Gasteiger partial charge in [-0.25, -0.2) is 4.98 Å². The number of hydrogen-bond acceptors (Lipinski definition) is 5. The van der Waals surface area contributed by atoms with E-state index in [2.05, 4.69) is 24.9 Å². The standard InChI is InChI=1S/C14H16N2O2S/c1-14(2)6-9-4-3-5-11(12(9)18-14)17-8-10-7-16-13(15)19-10/h3-5,7H,6,8H2,1-2H3,(H2,15,16). The largest absolute Gasteiger partial charge is 0.484 e. The van der Waals surface area contributed by atoms with E-state index in [4.69, 9.17) is 15.2 Å². The van der Waals surface area contributed by atoms with E-state index in [1.807, 2.05) is 12.1 Å². The minimum atomic E-state index is -0.156. The molecule has 4 nitrogen and oxygen atoms in total. The second kappa shape index (κ2) is 4.42. The molecule has 0 bridgehead atoms. The van der Waals surface area contributed by atoms with Gasteiger partial charge in [0.15, 0.2) is 16.6 Å². The summed E-state index contributed by atoms with van der Waals surface area (Å²) in [5.74, 6) is 1.65. The second-order valence-electron chi connectivity index (χ2n) is 5.24. The molecule has 0 spiro atoms. The average Bonchev–Trinajstić information content (AvgIpc) is 2.88. The molecular formula is C14H16N2O2S. The van der Waals surface area contributed by atoms with Crippen LogP contribution in [0.4, 0.5) is 5.13 Å². The highest BCUT2D eigenvalue weighted by molar-refractivity contribution is 7.15. The first kappa shape index (κ1) is 12.3. The number of para-hydroxylation sites is 1. The molecular weight excluding hydrogens is 260 g/mol. The highest BCUT2D eigenvalue weighted by Crippen LogP contribution is 2.42. The molecule has 0 saturated heterocycles. The van der Waals surface area contributed by atoms with Gasteiger partial charge in [-0.3, -0.25) is 0 Å². The summed E-state index contributed by atoms with van der Waals surface area (Å²) in [6.45, 7) is 4.64. The number of benzene rings is 1. The third-order valence-electron chi connectivity index (χ3n) is 3.00. The number of nitrogens with two attached hydrogens (primary N) is 1. The lowest BCUT2D eigenvalue weighted by Crippen LogP contribution is -2.24. The minimum absolute atomic E-state index is 0.156. The Bertz CT molecular complexity index is 607. The molecule has 2 aromatic rings. The van der Waals surface area contributed by atoms with Crippen molar-refractivity contribution in [2.45, 2.75) is 32.5 Å². The fraction of sp³-hybridized carbons (Fsp3) is 0.357. The first-order valence-electron chi connectivity index (χ1n) is 6.17. The normalized spacial score (nSPS) is 15.9. The van der Waals surface area contributed by atoms with Crippen LogP contribution < -0.4 is 15.2 Å². The van der Waals surface area contributed by atoms with Gasteiger partial charge in [-0.1, -0.05) is 23.5 Å². The van der Waals surface area contributed by atoms with Gasteiger partial charge in [0, 0.05) is 18.2 Å². The van der Waals surface area contributed by atoms with Crippen LogP contribution in [0.2, 0.25) is 0 Å². The molecule has 1 aliphatic heterocycles. The Kier molecular flexibility index (Phi) is 2.86. The average molecular weight is 276 g/mol. The fourth-order valence-corrected chi connectivity index (χ4v) is 2.84. The summed E-state index contributed by atoms with van der Waals surface area (Å²) in [4.78, 5) is 5.02. The predicted octanol–water partition coefficient (Wildman–Crippen LogP) is 3.02. The Morgan fingerprint density at radius 3 is 3.05 bits per heavy atom. The van der Waals surface area contributed by atoms with Gasteiger partial charge in [-0.15, -0.1) is 0 Å². The van der Waals surface area contributed by atoms with Gasteiger partial charge in [0.1, 0.15) is 12.2 Å². The van der Waals surface area contributed by atoms with Crippen molar-refractivity contribution in [2.75, 3.05) is 5.73 Å².